The van der Waals surface area contributed by atoms with Crippen molar-refractivity contribution in [3.05, 3.63) is 69.9 Å². The molecule has 0 aromatic heterocycles. The lowest BCUT2D eigenvalue weighted by molar-refractivity contribution is 0.147. The maximum atomic E-state index is 12.9. The number of aliphatic hydroxyl groups excluding tert-OH is 1. The van der Waals surface area contributed by atoms with Crippen LogP contribution in [-0.2, 0) is 0 Å². The van der Waals surface area contributed by atoms with Gasteiger partial charge in [0.1, 0.15) is 5.82 Å². The zero-order chi connectivity index (χ0) is 13.8. The molecule has 2 nitrogen and oxygen atoms in total. The second-order valence-electron chi connectivity index (χ2n) is 4.39. The van der Waals surface area contributed by atoms with E-state index in [2.05, 4.69) is 15.9 Å². The molecule has 0 spiro atoms. The summed E-state index contributed by atoms with van der Waals surface area (Å²) in [6, 6.07) is 13.5. The normalized spacial score (nSPS) is 14.1. The molecular formula is C15H15BrFNO. The first-order chi connectivity index (χ1) is 9.11. The molecule has 19 heavy (non-hydrogen) atoms. The average Bonchev–Trinajstić information content (AvgIpc) is 2.42. The minimum atomic E-state index is -0.744. The van der Waals surface area contributed by atoms with Gasteiger partial charge in [0.05, 0.1) is 6.10 Å². The molecule has 0 bridgehead atoms. The van der Waals surface area contributed by atoms with E-state index >= 15 is 0 Å². The number of hydrogen-bond acceptors (Lipinski definition) is 2. The van der Waals surface area contributed by atoms with Gasteiger partial charge in [-0.25, -0.2) is 4.39 Å². The molecule has 0 aliphatic carbocycles. The Morgan fingerprint density at radius 3 is 2.05 bits per heavy atom. The van der Waals surface area contributed by atoms with E-state index in [0.29, 0.717) is 12.1 Å². The van der Waals surface area contributed by atoms with Crippen LogP contribution < -0.4 is 5.73 Å². The second kappa shape index (κ2) is 6.28. The highest BCUT2D eigenvalue weighted by molar-refractivity contribution is 9.10. The quantitative estimate of drug-likeness (QED) is 0.906. The molecule has 2 aromatic rings. The Kier molecular flexibility index (Phi) is 4.69. The lowest BCUT2D eigenvalue weighted by Gasteiger charge is -2.22. The molecule has 0 heterocycles. The van der Waals surface area contributed by atoms with E-state index in [0.717, 1.165) is 10.0 Å². The zero-order valence-corrected chi connectivity index (χ0v) is 11.8. The summed E-state index contributed by atoms with van der Waals surface area (Å²) in [4.78, 5) is 0. The Morgan fingerprint density at radius 2 is 1.53 bits per heavy atom. The zero-order valence-electron chi connectivity index (χ0n) is 10.3. The van der Waals surface area contributed by atoms with Gasteiger partial charge < -0.3 is 10.8 Å². The molecule has 100 valence electrons. The van der Waals surface area contributed by atoms with Crippen LogP contribution in [-0.4, -0.2) is 11.7 Å². The van der Waals surface area contributed by atoms with Crippen LogP contribution in [0.3, 0.4) is 0 Å². The summed E-state index contributed by atoms with van der Waals surface area (Å²) >= 11 is 3.37. The summed E-state index contributed by atoms with van der Waals surface area (Å²) < 4.78 is 13.9. The van der Waals surface area contributed by atoms with E-state index in [1.54, 1.807) is 12.1 Å². The number of hydrogen-bond donors (Lipinski definition) is 2. The first kappa shape index (κ1) is 14.2. The minimum absolute atomic E-state index is 0.210. The summed E-state index contributed by atoms with van der Waals surface area (Å²) in [5.41, 5.74) is 7.39. The maximum absolute atomic E-state index is 12.9. The second-order valence-corrected chi connectivity index (χ2v) is 5.31. The lowest BCUT2D eigenvalue weighted by atomic mass is 9.89. The molecule has 4 heteroatoms. The Labute approximate surface area is 120 Å². The highest BCUT2D eigenvalue weighted by atomic mass is 79.9. The van der Waals surface area contributed by atoms with Crippen molar-refractivity contribution in [3.8, 4) is 0 Å². The van der Waals surface area contributed by atoms with E-state index in [1.165, 1.54) is 12.1 Å². The molecule has 2 aromatic carbocycles. The minimum Gasteiger partial charge on any atom is -0.388 e. The molecule has 2 rings (SSSR count). The van der Waals surface area contributed by atoms with Crippen LogP contribution >= 0.6 is 15.9 Å². The summed E-state index contributed by atoms with van der Waals surface area (Å²) in [6.07, 6.45) is -0.744. The molecule has 0 fully saturated rings. The van der Waals surface area contributed by atoms with Crippen LogP contribution in [0.2, 0.25) is 0 Å². The van der Waals surface area contributed by atoms with Crippen molar-refractivity contribution < 1.29 is 9.50 Å². The Balaban J connectivity index is 2.26. The van der Waals surface area contributed by atoms with E-state index in [1.807, 2.05) is 24.3 Å². The monoisotopic (exact) mass is 323 g/mol. The van der Waals surface area contributed by atoms with Gasteiger partial charge >= 0.3 is 0 Å². The van der Waals surface area contributed by atoms with E-state index < -0.39 is 6.10 Å². The number of aliphatic hydroxyl groups is 1. The fourth-order valence-electron chi connectivity index (χ4n) is 2.05. The van der Waals surface area contributed by atoms with E-state index in [9.17, 15) is 9.50 Å². The van der Waals surface area contributed by atoms with Gasteiger partial charge in [-0.2, -0.15) is 0 Å². The largest absolute Gasteiger partial charge is 0.388 e. The van der Waals surface area contributed by atoms with Crippen molar-refractivity contribution >= 4 is 15.9 Å². The van der Waals surface area contributed by atoms with Gasteiger partial charge in [0.25, 0.3) is 0 Å². The molecule has 0 radical (unpaired) electrons. The van der Waals surface area contributed by atoms with Gasteiger partial charge in [-0.05, 0) is 35.4 Å². The van der Waals surface area contributed by atoms with Gasteiger partial charge in [0.15, 0.2) is 0 Å². The van der Waals surface area contributed by atoms with Gasteiger partial charge in [0.2, 0.25) is 0 Å². The Bertz CT molecular complexity index is 527. The molecule has 2 atom stereocenters. The van der Waals surface area contributed by atoms with Crippen LogP contribution in [0.4, 0.5) is 4.39 Å². The highest BCUT2D eigenvalue weighted by Crippen LogP contribution is 2.30. The summed E-state index contributed by atoms with van der Waals surface area (Å²) in [7, 11) is 0. The van der Waals surface area contributed by atoms with E-state index in [4.69, 9.17) is 5.73 Å². The maximum Gasteiger partial charge on any atom is 0.123 e. The third-order valence-electron chi connectivity index (χ3n) is 3.14. The third-order valence-corrected chi connectivity index (χ3v) is 3.67. The smallest absolute Gasteiger partial charge is 0.123 e. The number of rotatable bonds is 4. The predicted octanol–water partition coefficient (Wildman–Crippen LogP) is 3.36. The highest BCUT2D eigenvalue weighted by Gasteiger charge is 2.21. The van der Waals surface area contributed by atoms with Crippen LogP contribution in [0, 0.1) is 5.82 Å². The fourth-order valence-corrected chi connectivity index (χ4v) is 2.31. The van der Waals surface area contributed by atoms with Gasteiger partial charge in [0, 0.05) is 16.9 Å². The molecule has 0 saturated heterocycles. The molecular weight excluding hydrogens is 309 g/mol. The van der Waals surface area contributed by atoms with Gasteiger partial charge in [-0.3, -0.25) is 0 Å². The van der Waals surface area contributed by atoms with Crippen LogP contribution in [0.5, 0.6) is 0 Å². The van der Waals surface area contributed by atoms with Gasteiger partial charge in [-0.1, -0.05) is 40.2 Å². The standard InChI is InChI=1S/C15H15BrFNO/c16-12-5-1-10(2-6-12)14(9-18)15(19)11-3-7-13(17)8-4-11/h1-8,14-15,19H,9,18H2. The molecule has 0 aliphatic rings. The van der Waals surface area contributed by atoms with Gasteiger partial charge in [-0.15, -0.1) is 0 Å². The number of nitrogens with two attached hydrogens (primary N) is 1. The van der Waals surface area contributed by atoms with Crippen molar-refractivity contribution in [1.82, 2.24) is 0 Å². The lowest BCUT2D eigenvalue weighted by Crippen LogP contribution is -2.20. The molecule has 2 unspecified atom stereocenters. The van der Waals surface area contributed by atoms with Crippen LogP contribution in [0.15, 0.2) is 53.0 Å². The summed E-state index contributed by atoms with van der Waals surface area (Å²) in [6.45, 7) is 0.320. The topological polar surface area (TPSA) is 46.2 Å². The average molecular weight is 324 g/mol. The first-order valence-electron chi connectivity index (χ1n) is 6.01. The van der Waals surface area contributed by atoms with Crippen molar-refractivity contribution in [3.63, 3.8) is 0 Å². The van der Waals surface area contributed by atoms with Crippen molar-refractivity contribution in [2.45, 2.75) is 12.0 Å². The first-order valence-corrected chi connectivity index (χ1v) is 6.80. The fraction of sp³-hybridized carbons (Fsp3) is 0.200. The number of halogens is 2. The Hall–Kier alpha value is -1.23. The molecule has 3 N–H and O–H groups in total. The third kappa shape index (κ3) is 3.41. The summed E-state index contributed by atoms with van der Waals surface area (Å²) in [5, 5.41) is 10.4. The Morgan fingerprint density at radius 1 is 1.00 bits per heavy atom. The van der Waals surface area contributed by atoms with Crippen molar-refractivity contribution in [1.29, 1.82) is 0 Å². The molecule has 0 aliphatic heterocycles. The summed E-state index contributed by atoms with van der Waals surface area (Å²) in [5.74, 6) is -0.526. The van der Waals surface area contributed by atoms with Crippen LogP contribution in [0.25, 0.3) is 0 Å². The predicted molar refractivity (Wildman–Crippen MR) is 77.3 cm³/mol. The van der Waals surface area contributed by atoms with Crippen LogP contribution in [0.1, 0.15) is 23.1 Å². The SMILES string of the molecule is NCC(c1ccc(Br)cc1)C(O)c1ccc(F)cc1. The van der Waals surface area contributed by atoms with E-state index in [-0.39, 0.29) is 11.7 Å². The van der Waals surface area contributed by atoms with Crippen molar-refractivity contribution in [2.75, 3.05) is 6.54 Å². The molecule has 0 saturated carbocycles. The molecule has 0 amide bonds. The van der Waals surface area contributed by atoms with Crippen molar-refractivity contribution in [2.24, 2.45) is 5.73 Å². The number of benzene rings is 2.